The lowest BCUT2D eigenvalue weighted by Crippen LogP contribution is -2.36. The van der Waals surface area contributed by atoms with Crippen LogP contribution in [0, 0.1) is 6.92 Å². The Balaban J connectivity index is 3.34. The van der Waals surface area contributed by atoms with Crippen molar-refractivity contribution in [3.05, 3.63) is 27.4 Å². The van der Waals surface area contributed by atoms with Gasteiger partial charge >= 0.3 is 0 Å². The smallest absolute Gasteiger partial charge is 0.272 e. The minimum Gasteiger partial charge on any atom is -0.310 e. The maximum atomic E-state index is 11.6. The van der Waals surface area contributed by atoms with Gasteiger partial charge in [0.15, 0.2) is 0 Å². The molecule has 0 spiro atoms. The van der Waals surface area contributed by atoms with Crippen molar-refractivity contribution in [2.24, 2.45) is 5.84 Å². The van der Waals surface area contributed by atoms with Gasteiger partial charge in [-0.15, -0.1) is 0 Å². The number of hydrogen-bond acceptors (Lipinski definition) is 4. The summed E-state index contributed by atoms with van der Waals surface area (Å²) in [6.45, 7) is 5.41. The fourth-order valence-electron chi connectivity index (χ4n) is 1.22. The van der Waals surface area contributed by atoms with Crippen LogP contribution in [0.2, 0.25) is 0 Å². The van der Waals surface area contributed by atoms with Gasteiger partial charge in [0, 0.05) is 5.92 Å². The normalized spacial score (nSPS) is 10.5. The molecule has 0 fully saturated rings. The SMILES string of the molecule is Cc1nc(C(C)C)[nH]c(=O)c1C(=O)NN. The van der Waals surface area contributed by atoms with E-state index in [1.165, 1.54) is 0 Å². The van der Waals surface area contributed by atoms with Crippen LogP contribution in [0.1, 0.15) is 41.6 Å². The number of nitrogens with two attached hydrogens (primary N) is 1. The van der Waals surface area contributed by atoms with Gasteiger partial charge in [-0.05, 0) is 6.92 Å². The molecule has 1 aromatic heterocycles. The third-order valence-corrected chi connectivity index (χ3v) is 2.02. The molecular formula is C9H14N4O2. The van der Waals surface area contributed by atoms with Gasteiger partial charge in [0.2, 0.25) is 0 Å². The van der Waals surface area contributed by atoms with Crippen LogP contribution < -0.4 is 16.8 Å². The first-order valence-electron chi connectivity index (χ1n) is 4.59. The molecule has 0 bridgehead atoms. The lowest BCUT2D eigenvalue weighted by Gasteiger charge is -2.07. The van der Waals surface area contributed by atoms with Gasteiger partial charge in [-0.3, -0.25) is 15.0 Å². The Morgan fingerprint density at radius 1 is 1.53 bits per heavy atom. The number of amides is 1. The maximum absolute atomic E-state index is 11.6. The molecule has 6 nitrogen and oxygen atoms in total. The average Bonchev–Trinajstić information content (AvgIpc) is 2.16. The summed E-state index contributed by atoms with van der Waals surface area (Å²) >= 11 is 0. The number of aryl methyl sites for hydroxylation is 1. The summed E-state index contributed by atoms with van der Waals surface area (Å²) in [5.41, 5.74) is 1.79. The molecule has 1 rings (SSSR count). The monoisotopic (exact) mass is 210 g/mol. The molecule has 0 aromatic carbocycles. The van der Waals surface area contributed by atoms with Crippen LogP contribution in [0.3, 0.4) is 0 Å². The molecule has 0 aliphatic rings. The molecule has 0 aliphatic heterocycles. The van der Waals surface area contributed by atoms with E-state index < -0.39 is 11.5 Å². The Bertz CT molecular complexity index is 436. The molecule has 0 unspecified atom stereocenters. The quantitative estimate of drug-likeness (QED) is 0.357. The fourth-order valence-corrected chi connectivity index (χ4v) is 1.22. The van der Waals surface area contributed by atoms with E-state index >= 15 is 0 Å². The van der Waals surface area contributed by atoms with Gasteiger partial charge in [0.25, 0.3) is 11.5 Å². The number of aromatic amines is 1. The van der Waals surface area contributed by atoms with E-state index in [1.54, 1.807) is 6.92 Å². The summed E-state index contributed by atoms with van der Waals surface area (Å²) < 4.78 is 0. The second kappa shape index (κ2) is 4.22. The van der Waals surface area contributed by atoms with E-state index in [0.717, 1.165) is 0 Å². The van der Waals surface area contributed by atoms with Crippen LogP contribution in [0.25, 0.3) is 0 Å². The number of rotatable bonds is 2. The van der Waals surface area contributed by atoms with Gasteiger partial charge in [0.1, 0.15) is 11.4 Å². The molecule has 4 N–H and O–H groups in total. The van der Waals surface area contributed by atoms with Crippen LogP contribution in [0.5, 0.6) is 0 Å². The molecule has 1 aromatic rings. The summed E-state index contributed by atoms with van der Waals surface area (Å²) in [6.07, 6.45) is 0. The van der Waals surface area contributed by atoms with Crippen molar-refractivity contribution in [1.82, 2.24) is 15.4 Å². The minimum atomic E-state index is -0.628. The number of carbonyl (C=O) groups excluding carboxylic acids is 1. The summed E-state index contributed by atoms with van der Waals surface area (Å²) in [5.74, 6) is 5.00. The second-order valence-electron chi connectivity index (χ2n) is 3.54. The zero-order chi connectivity index (χ0) is 11.6. The zero-order valence-corrected chi connectivity index (χ0v) is 8.92. The third kappa shape index (κ3) is 2.21. The topological polar surface area (TPSA) is 101 Å². The molecule has 6 heteroatoms. The highest BCUT2D eigenvalue weighted by atomic mass is 16.2. The van der Waals surface area contributed by atoms with Crippen molar-refractivity contribution < 1.29 is 4.79 Å². The van der Waals surface area contributed by atoms with Crippen LogP contribution in [0.15, 0.2) is 4.79 Å². The summed E-state index contributed by atoms with van der Waals surface area (Å²) in [7, 11) is 0. The summed E-state index contributed by atoms with van der Waals surface area (Å²) in [5, 5.41) is 0. The number of nitrogen functional groups attached to an aromatic ring is 1. The summed E-state index contributed by atoms with van der Waals surface area (Å²) in [6, 6.07) is 0. The van der Waals surface area contributed by atoms with Crippen molar-refractivity contribution in [2.45, 2.75) is 26.7 Å². The number of aromatic nitrogens is 2. The molecule has 82 valence electrons. The minimum absolute atomic E-state index is 0.0399. The number of carbonyl (C=O) groups is 1. The first-order chi connectivity index (χ1) is 6.97. The van der Waals surface area contributed by atoms with Gasteiger partial charge in [-0.25, -0.2) is 10.8 Å². The van der Waals surface area contributed by atoms with Gasteiger partial charge in [0.05, 0.1) is 5.69 Å². The Labute approximate surface area is 86.9 Å². The predicted molar refractivity (Wildman–Crippen MR) is 55.3 cm³/mol. The molecule has 0 aliphatic carbocycles. The Kier molecular flexibility index (Phi) is 3.21. The van der Waals surface area contributed by atoms with Gasteiger partial charge < -0.3 is 4.98 Å². The number of nitrogens with zero attached hydrogens (tertiary/aromatic N) is 1. The highest BCUT2D eigenvalue weighted by Crippen LogP contribution is 2.08. The largest absolute Gasteiger partial charge is 0.310 e. The number of nitrogens with one attached hydrogen (secondary N) is 2. The predicted octanol–water partition coefficient (Wildman–Crippen LogP) is -0.195. The Morgan fingerprint density at radius 3 is 2.53 bits per heavy atom. The molecule has 0 saturated carbocycles. The van der Waals surface area contributed by atoms with Gasteiger partial charge in [-0.2, -0.15) is 0 Å². The first-order valence-corrected chi connectivity index (χ1v) is 4.59. The van der Waals surface area contributed by atoms with Gasteiger partial charge in [-0.1, -0.05) is 13.8 Å². The third-order valence-electron chi connectivity index (χ3n) is 2.02. The lowest BCUT2D eigenvalue weighted by atomic mass is 10.1. The van der Waals surface area contributed by atoms with Crippen molar-refractivity contribution in [3.8, 4) is 0 Å². The van der Waals surface area contributed by atoms with Crippen molar-refractivity contribution in [1.29, 1.82) is 0 Å². The Morgan fingerprint density at radius 2 is 2.13 bits per heavy atom. The highest BCUT2D eigenvalue weighted by Gasteiger charge is 2.15. The fraction of sp³-hybridized carbons (Fsp3) is 0.444. The molecule has 0 saturated heterocycles. The van der Waals surface area contributed by atoms with E-state index in [-0.39, 0.29) is 11.5 Å². The lowest BCUT2D eigenvalue weighted by molar-refractivity contribution is 0.0951. The maximum Gasteiger partial charge on any atom is 0.272 e. The molecular weight excluding hydrogens is 196 g/mol. The molecule has 0 atom stereocenters. The molecule has 1 heterocycles. The zero-order valence-electron chi connectivity index (χ0n) is 8.92. The first kappa shape index (κ1) is 11.4. The van der Waals surface area contributed by atoms with Crippen LogP contribution >= 0.6 is 0 Å². The average molecular weight is 210 g/mol. The van der Waals surface area contributed by atoms with Crippen molar-refractivity contribution in [3.63, 3.8) is 0 Å². The number of H-pyrrole nitrogens is 1. The van der Waals surface area contributed by atoms with Crippen LogP contribution in [-0.2, 0) is 0 Å². The number of hydrazine groups is 1. The van der Waals surface area contributed by atoms with E-state index in [4.69, 9.17) is 5.84 Å². The standard InChI is InChI=1S/C9H14N4O2/c1-4(2)7-11-5(3)6(8(14)12-7)9(15)13-10/h4H,10H2,1-3H3,(H,13,15)(H,11,12,14). The van der Waals surface area contributed by atoms with E-state index in [1.807, 2.05) is 19.3 Å². The van der Waals surface area contributed by atoms with Crippen LogP contribution in [0.4, 0.5) is 0 Å². The van der Waals surface area contributed by atoms with Crippen molar-refractivity contribution in [2.75, 3.05) is 0 Å². The molecule has 15 heavy (non-hydrogen) atoms. The molecule has 0 radical (unpaired) electrons. The highest BCUT2D eigenvalue weighted by molar-refractivity contribution is 5.94. The molecule has 1 amide bonds. The summed E-state index contributed by atoms with van der Waals surface area (Å²) in [4.78, 5) is 29.5. The Hall–Kier alpha value is -1.69. The van der Waals surface area contributed by atoms with Crippen LogP contribution in [-0.4, -0.2) is 15.9 Å². The van der Waals surface area contributed by atoms with E-state index in [9.17, 15) is 9.59 Å². The number of hydrogen-bond donors (Lipinski definition) is 3. The van der Waals surface area contributed by atoms with Crippen molar-refractivity contribution >= 4 is 5.91 Å². The van der Waals surface area contributed by atoms with E-state index in [0.29, 0.717) is 11.5 Å². The van der Waals surface area contributed by atoms with E-state index in [2.05, 4.69) is 9.97 Å². The second-order valence-corrected chi connectivity index (χ2v) is 3.54.